The number of hydrogen-bond donors (Lipinski definition) is 1. The van der Waals surface area contributed by atoms with E-state index in [1.54, 1.807) is 6.08 Å². The Kier molecular flexibility index (Phi) is 2.17. The van der Waals surface area contributed by atoms with Gasteiger partial charge in [-0.2, -0.15) is 0 Å². The van der Waals surface area contributed by atoms with Crippen LogP contribution in [0.15, 0.2) is 36.9 Å². The van der Waals surface area contributed by atoms with Crippen molar-refractivity contribution in [3.63, 3.8) is 0 Å². The van der Waals surface area contributed by atoms with Crippen molar-refractivity contribution in [1.29, 1.82) is 0 Å². The van der Waals surface area contributed by atoms with E-state index in [1.807, 2.05) is 12.1 Å². The van der Waals surface area contributed by atoms with Crippen LogP contribution in [0, 0.1) is 0 Å². The molecule has 1 aliphatic rings. The van der Waals surface area contributed by atoms with E-state index in [0.29, 0.717) is 0 Å². The third-order valence-electron chi connectivity index (χ3n) is 3.97. The van der Waals surface area contributed by atoms with Crippen LogP contribution >= 0.6 is 0 Å². The molecule has 17 heavy (non-hydrogen) atoms. The second-order valence-electron chi connectivity index (χ2n) is 4.88. The first-order valence-electron chi connectivity index (χ1n) is 6.10. The zero-order valence-corrected chi connectivity index (χ0v) is 10.1. The highest BCUT2D eigenvalue weighted by Crippen LogP contribution is 2.41. The van der Waals surface area contributed by atoms with Gasteiger partial charge in [0.25, 0.3) is 0 Å². The monoisotopic (exact) mass is 227 g/mol. The molecule has 1 aliphatic carbocycles. The molecule has 88 valence electrons. The Labute approximate surface area is 101 Å². The summed E-state index contributed by atoms with van der Waals surface area (Å²) in [6, 6.07) is 8.27. The predicted molar refractivity (Wildman–Crippen MR) is 70.0 cm³/mol. The average molecular weight is 227 g/mol. The number of aromatic nitrogens is 1. The molecule has 3 rings (SSSR count). The van der Waals surface area contributed by atoms with Gasteiger partial charge in [-0.15, -0.1) is 0 Å². The summed E-state index contributed by atoms with van der Waals surface area (Å²) in [5.41, 5.74) is 2.66. The molecule has 1 N–H and O–H groups in total. The number of rotatable bonds is 1. The van der Waals surface area contributed by atoms with Gasteiger partial charge in [0.1, 0.15) is 5.60 Å². The third-order valence-corrected chi connectivity index (χ3v) is 3.97. The Morgan fingerprint density at radius 2 is 2.18 bits per heavy atom. The third kappa shape index (κ3) is 1.31. The molecular weight excluding hydrogens is 210 g/mol. The van der Waals surface area contributed by atoms with Crippen LogP contribution in [-0.2, 0) is 19.1 Å². The summed E-state index contributed by atoms with van der Waals surface area (Å²) in [5.74, 6) is 0. The van der Waals surface area contributed by atoms with Crippen LogP contribution in [0.1, 0.15) is 24.1 Å². The quantitative estimate of drug-likeness (QED) is 0.744. The van der Waals surface area contributed by atoms with Gasteiger partial charge in [0.05, 0.1) is 0 Å². The summed E-state index contributed by atoms with van der Waals surface area (Å²) in [4.78, 5) is 0. The highest BCUT2D eigenvalue weighted by atomic mass is 16.3. The van der Waals surface area contributed by atoms with Crippen LogP contribution in [0.2, 0.25) is 0 Å². The summed E-state index contributed by atoms with van der Waals surface area (Å²) >= 11 is 0. The summed E-state index contributed by atoms with van der Waals surface area (Å²) in [5, 5.41) is 11.9. The molecule has 0 radical (unpaired) electrons. The van der Waals surface area contributed by atoms with Crippen LogP contribution in [0.4, 0.5) is 0 Å². The lowest BCUT2D eigenvalue weighted by atomic mass is 9.81. The molecule has 1 aromatic heterocycles. The molecule has 1 heterocycles. The molecule has 2 heteroatoms. The molecule has 0 saturated heterocycles. The van der Waals surface area contributed by atoms with Crippen molar-refractivity contribution >= 4 is 10.9 Å². The lowest BCUT2D eigenvalue weighted by Crippen LogP contribution is -2.28. The molecule has 2 aromatic rings. The number of aliphatic hydroxyl groups is 1. The molecule has 0 saturated carbocycles. The fraction of sp³-hybridized carbons (Fsp3) is 0.333. The summed E-state index contributed by atoms with van der Waals surface area (Å²) in [6.07, 6.45) is 4.52. The first kappa shape index (κ1) is 10.6. The van der Waals surface area contributed by atoms with Crippen LogP contribution in [0.5, 0.6) is 0 Å². The maximum Gasteiger partial charge on any atom is 0.110 e. The minimum Gasteiger partial charge on any atom is -0.381 e. The maximum atomic E-state index is 10.7. The van der Waals surface area contributed by atoms with E-state index in [4.69, 9.17) is 0 Å². The zero-order chi connectivity index (χ0) is 12.0. The van der Waals surface area contributed by atoms with Gasteiger partial charge >= 0.3 is 0 Å². The number of nitrogens with zero attached hydrogens (tertiary/aromatic N) is 1. The van der Waals surface area contributed by atoms with Crippen LogP contribution in [-0.4, -0.2) is 9.67 Å². The van der Waals surface area contributed by atoms with Gasteiger partial charge < -0.3 is 9.67 Å². The van der Waals surface area contributed by atoms with Crippen molar-refractivity contribution in [2.45, 2.75) is 24.9 Å². The largest absolute Gasteiger partial charge is 0.381 e. The van der Waals surface area contributed by atoms with Gasteiger partial charge in [0, 0.05) is 29.2 Å². The highest BCUT2D eigenvalue weighted by Gasteiger charge is 2.35. The number of hydrogen-bond acceptors (Lipinski definition) is 1. The number of fused-ring (bicyclic) bond motifs is 3. The smallest absolute Gasteiger partial charge is 0.110 e. The molecule has 0 spiro atoms. The molecule has 0 aliphatic heterocycles. The Morgan fingerprint density at radius 3 is 2.94 bits per heavy atom. The van der Waals surface area contributed by atoms with E-state index in [-0.39, 0.29) is 0 Å². The highest BCUT2D eigenvalue weighted by molar-refractivity contribution is 5.87. The van der Waals surface area contributed by atoms with E-state index in [2.05, 4.69) is 30.3 Å². The SMILES string of the molecule is C=CC1(O)CCCc2c1c1ccccc1n2C. The molecular formula is C15H17NO. The lowest BCUT2D eigenvalue weighted by Gasteiger charge is -2.30. The Bertz CT molecular complexity index is 596. The fourth-order valence-electron chi connectivity index (χ4n) is 3.08. The van der Waals surface area contributed by atoms with Gasteiger partial charge in [-0.1, -0.05) is 30.9 Å². The zero-order valence-electron chi connectivity index (χ0n) is 10.1. The van der Waals surface area contributed by atoms with Crippen molar-refractivity contribution in [2.24, 2.45) is 7.05 Å². The number of benzene rings is 1. The van der Waals surface area contributed by atoms with Crippen LogP contribution < -0.4 is 0 Å². The standard InChI is InChI=1S/C15H17NO/c1-3-15(17)10-6-9-13-14(15)11-7-4-5-8-12(11)16(13)2/h3-5,7-8,17H,1,6,9-10H2,2H3. The van der Waals surface area contributed by atoms with Gasteiger partial charge in [-0.25, -0.2) is 0 Å². The summed E-state index contributed by atoms with van der Waals surface area (Å²) < 4.78 is 2.21. The minimum absolute atomic E-state index is 0.775. The van der Waals surface area contributed by atoms with Crippen molar-refractivity contribution in [3.05, 3.63) is 48.2 Å². The molecule has 1 atom stereocenters. The van der Waals surface area contributed by atoms with Gasteiger partial charge in [-0.3, -0.25) is 0 Å². The summed E-state index contributed by atoms with van der Waals surface area (Å²) in [6.45, 7) is 3.81. The van der Waals surface area contributed by atoms with E-state index >= 15 is 0 Å². The van der Waals surface area contributed by atoms with Gasteiger partial charge in [0.15, 0.2) is 0 Å². The second kappa shape index (κ2) is 3.47. The van der Waals surface area contributed by atoms with Crippen molar-refractivity contribution in [3.8, 4) is 0 Å². The lowest BCUT2D eigenvalue weighted by molar-refractivity contribution is 0.0712. The fourth-order valence-corrected chi connectivity index (χ4v) is 3.08. The first-order chi connectivity index (χ1) is 8.17. The Balaban J connectivity index is 2.43. The molecule has 0 bridgehead atoms. The van der Waals surface area contributed by atoms with Crippen molar-refractivity contribution in [1.82, 2.24) is 4.57 Å². The molecule has 1 unspecified atom stereocenters. The average Bonchev–Trinajstić information content (AvgIpc) is 2.66. The Morgan fingerprint density at radius 1 is 1.41 bits per heavy atom. The molecule has 2 nitrogen and oxygen atoms in total. The topological polar surface area (TPSA) is 25.2 Å². The van der Waals surface area contributed by atoms with Gasteiger partial charge in [-0.05, 0) is 25.3 Å². The Hall–Kier alpha value is -1.54. The maximum absolute atomic E-state index is 10.7. The van der Waals surface area contributed by atoms with E-state index < -0.39 is 5.60 Å². The van der Waals surface area contributed by atoms with Crippen molar-refractivity contribution < 1.29 is 5.11 Å². The minimum atomic E-state index is -0.853. The van der Waals surface area contributed by atoms with Crippen LogP contribution in [0.3, 0.4) is 0 Å². The molecule has 0 fully saturated rings. The van der Waals surface area contributed by atoms with Crippen molar-refractivity contribution in [2.75, 3.05) is 0 Å². The number of aryl methyl sites for hydroxylation is 1. The molecule has 0 amide bonds. The van der Waals surface area contributed by atoms with E-state index in [1.165, 1.54) is 11.2 Å². The second-order valence-corrected chi connectivity index (χ2v) is 4.88. The van der Waals surface area contributed by atoms with E-state index in [0.717, 1.165) is 30.2 Å². The first-order valence-corrected chi connectivity index (χ1v) is 6.10. The molecule has 1 aromatic carbocycles. The summed E-state index contributed by atoms with van der Waals surface area (Å²) in [7, 11) is 2.08. The predicted octanol–water partition coefficient (Wildman–Crippen LogP) is 2.89. The van der Waals surface area contributed by atoms with Crippen LogP contribution in [0.25, 0.3) is 10.9 Å². The van der Waals surface area contributed by atoms with Gasteiger partial charge in [0.2, 0.25) is 0 Å². The number of para-hydroxylation sites is 1. The van der Waals surface area contributed by atoms with E-state index in [9.17, 15) is 5.11 Å². The normalized spacial score (nSPS) is 23.6.